The molecule has 0 bridgehead atoms. The molecule has 1 aliphatic heterocycles. The van der Waals surface area contributed by atoms with Gasteiger partial charge in [0.1, 0.15) is 0 Å². The van der Waals surface area contributed by atoms with E-state index in [2.05, 4.69) is 0 Å². The Hall–Kier alpha value is -5.03. The Morgan fingerprint density at radius 2 is 1.13 bits per heavy atom. The Bertz CT molecular complexity index is 1610. The zero-order valence-corrected chi connectivity index (χ0v) is 20.5. The Morgan fingerprint density at radius 1 is 0.605 bits per heavy atom. The van der Waals surface area contributed by atoms with E-state index < -0.39 is 23.4 Å². The van der Waals surface area contributed by atoms with E-state index in [1.807, 2.05) is 121 Å². The number of nitrogens with zero attached hydrogens (tertiary/aromatic N) is 2. The molecular weight excluding hydrogens is 472 g/mol. The summed E-state index contributed by atoms with van der Waals surface area (Å²) in [6.45, 7) is 0.150. The molecule has 6 rings (SSSR count). The monoisotopic (exact) mass is 496 g/mol. The van der Waals surface area contributed by atoms with Gasteiger partial charge in [-0.15, -0.1) is 0 Å². The zero-order chi connectivity index (χ0) is 26.1. The summed E-state index contributed by atoms with van der Waals surface area (Å²) in [7, 11) is 0. The Balaban J connectivity index is 1.55. The molecule has 5 aromatic carbocycles. The number of imide groups is 3. The maximum atomic E-state index is 14.6. The van der Waals surface area contributed by atoms with Crippen LogP contribution in [0.15, 0.2) is 133 Å². The van der Waals surface area contributed by atoms with Crippen molar-refractivity contribution in [3.8, 4) is 0 Å². The van der Waals surface area contributed by atoms with Crippen molar-refractivity contribution in [1.29, 1.82) is 0 Å². The van der Waals surface area contributed by atoms with E-state index in [1.165, 1.54) is 4.90 Å². The largest absolute Gasteiger partial charge is 0.335 e. The summed E-state index contributed by atoms with van der Waals surface area (Å²) in [6.07, 6.45) is 0. The summed E-state index contributed by atoms with van der Waals surface area (Å²) in [6, 6.07) is 40.2. The fourth-order valence-electron chi connectivity index (χ4n) is 5.30. The Kier molecular flexibility index (Phi) is 5.81. The number of fused-ring (bicyclic) bond motifs is 1. The summed E-state index contributed by atoms with van der Waals surface area (Å²) < 4.78 is 0. The summed E-state index contributed by atoms with van der Waals surface area (Å²) in [5, 5.41) is 1.83. The molecule has 0 N–H and O–H groups in total. The number of carbonyl (C=O) groups is 3. The fourth-order valence-corrected chi connectivity index (χ4v) is 5.30. The molecular formula is C33H24N2O3. The average molecular weight is 497 g/mol. The van der Waals surface area contributed by atoms with Crippen LogP contribution in [-0.4, -0.2) is 27.6 Å². The first-order valence-corrected chi connectivity index (χ1v) is 12.4. The van der Waals surface area contributed by atoms with Gasteiger partial charge in [0, 0.05) is 12.1 Å². The molecule has 1 saturated heterocycles. The van der Waals surface area contributed by atoms with Crippen LogP contribution in [0.3, 0.4) is 0 Å². The van der Waals surface area contributed by atoms with Gasteiger partial charge < -0.3 is 0 Å². The van der Waals surface area contributed by atoms with Crippen molar-refractivity contribution in [3.63, 3.8) is 0 Å². The lowest BCUT2D eigenvalue weighted by atomic mass is 9.81. The SMILES string of the molecule is O=C(c1ccc2ccccc2c1)N1C(=O)N(Cc2ccccc2)C(c2ccccc2)(c2ccccc2)C1=O. The summed E-state index contributed by atoms with van der Waals surface area (Å²) >= 11 is 0. The third kappa shape index (κ3) is 3.68. The number of amides is 4. The van der Waals surface area contributed by atoms with E-state index in [0.29, 0.717) is 11.1 Å². The van der Waals surface area contributed by atoms with Gasteiger partial charge in [-0.2, -0.15) is 4.90 Å². The molecule has 0 unspecified atom stereocenters. The van der Waals surface area contributed by atoms with Gasteiger partial charge in [-0.05, 0) is 39.6 Å². The minimum Gasteiger partial charge on any atom is -0.297 e. The minimum absolute atomic E-state index is 0.150. The molecule has 0 aromatic heterocycles. The van der Waals surface area contributed by atoms with Gasteiger partial charge in [-0.3, -0.25) is 14.5 Å². The van der Waals surface area contributed by atoms with E-state index >= 15 is 0 Å². The van der Waals surface area contributed by atoms with Crippen LogP contribution in [0.25, 0.3) is 10.8 Å². The maximum Gasteiger partial charge on any atom is 0.335 e. The van der Waals surface area contributed by atoms with E-state index in [4.69, 9.17) is 0 Å². The van der Waals surface area contributed by atoms with Crippen molar-refractivity contribution in [2.75, 3.05) is 0 Å². The summed E-state index contributed by atoms with van der Waals surface area (Å²) in [5.41, 5.74) is 0.859. The number of carbonyl (C=O) groups excluding carboxylic acids is 3. The third-order valence-corrected chi connectivity index (χ3v) is 7.11. The lowest BCUT2D eigenvalue weighted by molar-refractivity contribution is -0.130. The van der Waals surface area contributed by atoms with Crippen LogP contribution < -0.4 is 0 Å². The van der Waals surface area contributed by atoms with Crippen LogP contribution in [0.4, 0.5) is 4.79 Å². The number of benzene rings is 5. The zero-order valence-electron chi connectivity index (χ0n) is 20.5. The number of hydrogen-bond donors (Lipinski definition) is 0. The second kappa shape index (κ2) is 9.45. The first-order valence-electron chi connectivity index (χ1n) is 12.4. The third-order valence-electron chi connectivity index (χ3n) is 7.11. The van der Waals surface area contributed by atoms with Gasteiger partial charge in [-0.1, -0.05) is 121 Å². The molecule has 184 valence electrons. The normalized spacial score (nSPS) is 14.7. The molecule has 1 aliphatic rings. The first kappa shape index (κ1) is 23.4. The molecule has 0 saturated carbocycles. The lowest BCUT2D eigenvalue weighted by Gasteiger charge is -2.36. The molecule has 1 heterocycles. The fraction of sp³-hybridized carbons (Fsp3) is 0.0606. The van der Waals surface area contributed by atoms with Gasteiger partial charge in [0.2, 0.25) is 0 Å². The Labute approximate surface area is 220 Å². The van der Waals surface area contributed by atoms with Crippen molar-refractivity contribution in [3.05, 3.63) is 156 Å². The van der Waals surface area contributed by atoms with Gasteiger partial charge >= 0.3 is 6.03 Å². The Morgan fingerprint density at radius 3 is 1.74 bits per heavy atom. The van der Waals surface area contributed by atoms with Gasteiger partial charge in [-0.25, -0.2) is 4.79 Å². The van der Waals surface area contributed by atoms with Crippen LogP contribution in [0.2, 0.25) is 0 Å². The number of rotatable bonds is 5. The highest BCUT2D eigenvalue weighted by Gasteiger charge is 2.61. The van der Waals surface area contributed by atoms with Crippen molar-refractivity contribution in [2.24, 2.45) is 0 Å². The molecule has 5 aromatic rings. The first-order chi connectivity index (χ1) is 18.6. The summed E-state index contributed by atoms with van der Waals surface area (Å²) in [5.74, 6) is -1.23. The quantitative estimate of drug-likeness (QED) is 0.209. The van der Waals surface area contributed by atoms with Crippen molar-refractivity contribution >= 4 is 28.6 Å². The van der Waals surface area contributed by atoms with Crippen LogP contribution in [-0.2, 0) is 16.9 Å². The topological polar surface area (TPSA) is 57.7 Å². The summed E-state index contributed by atoms with van der Waals surface area (Å²) in [4.78, 5) is 45.0. The molecule has 0 aliphatic carbocycles. The number of urea groups is 1. The standard InChI is InChI=1S/C33H24N2O3/c36-30(27-21-20-25-14-10-11-15-26(25)22-27)35-31(37)33(28-16-6-2-7-17-28,29-18-8-3-9-19-29)34(32(35)38)23-24-12-4-1-5-13-24/h1-22H,23H2. The highest BCUT2D eigenvalue weighted by Crippen LogP contribution is 2.44. The molecule has 0 radical (unpaired) electrons. The van der Waals surface area contributed by atoms with Gasteiger partial charge in [0.25, 0.3) is 11.8 Å². The van der Waals surface area contributed by atoms with Crippen LogP contribution in [0.5, 0.6) is 0 Å². The molecule has 1 fully saturated rings. The molecule has 5 nitrogen and oxygen atoms in total. The molecule has 0 atom stereocenters. The smallest absolute Gasteiger partial charge is 0.297 e. The second-order valence-electron chi connectivity index (χ2n) is 9.30. The maximum absolute atomic E-state index is 14.6. The van der Waals surface area contributed by atoms with Crippen molar-refractivity contribution in [2.45, 2.75) is 12.1 Å². The van der Waals surface area contributed by atoms with Crippen LogP contribution in [0.1, 0.15) is 27.0 Å². The van der Waals surface area contributed by atoms with E-state index in [-0.39, 0.29) is 12.1 Å². The van der Waals surface area contributed by atoms with E-state index in [0.717, 1.165) is 21.2 Å². The highest BCUT2D eigenvalue weighted by molar-refractivity contribution is 6.23. The predicted molar refractivity (Wildman–Crippen MR) is 146 cm³/mol. The molecule has 38 heavy (non-hydrogen) atoms. The molecule has 4 amide bonds. The van der Waals surface area contributed by atoms with Crippen LogP contribution in [0, 0.1) is 0 Å². The van der Waals surface area contributed by atoms with Crippen molar-refractivity contribution in [1.82, 2.24) is 9.80 Å². The predicted octanol–water partition coefficient (Wildman–Crippen LogP) is 6.39. The number of hydrogen-bond acceptors (Lipinski definition) is 3. The van der Waals surface area contributed by atoms with Gasteiger partial charge in [0.05, 0.1) is 0 Å². The van der Waals surface area contributed by atoms with E-state index in [9.17, 15) is 14.4 Å². The molecule has 0 spiro atoms. The minimum atomic E-state index is -1.51. The lowest BCUT2D eigenvalue weighted by Crippen LogP contribution is -2.47. The highest BCUT2D eigenvalue weighted by atomic mass is 16.2. The van der Waals surface area contributed by atoms with E-state index in [1.54, 1.807) is 12.1 Å². The molecule has 5 heteroatoms. The second-order valence-corrected chi connectivity index (χ2v) is 9.30. The average Bonchev–Trinajstić information content (AvgIpc) is 3.19. The van der Waals surface area contributed by atoms with Gasteiger partial charge in [0.15, 0.2) is 5.54 Å². The van der Waals surface area contributed by atoms with Crippen molar-refractivity contribution < 1.29 is 14.4 Å². The van der Waals surface area contributed by atoms with Crippen LogP contribution >= 0.6 is 0 Å².